The van der Waals surface area contributed by atoms with Gasteiger partial charge in [0.05, 0.1) is 13.2 Å². The van der Waals surface area contributed by atoms with Crippen LogP contribution in [-0.2, 0) is 14.9 Å². The van der Waals surface area contributed by atoms with Gasteiger partial charge in [-0.1, -0.05) is 37.3 Å². The van der Waals surface area contributed by atoms with Gasteiger partial charge in [-0.2, -0.15) is 0 Å². The molecule has 1 saturated carbocycles. The zero-order chi connectivity index (χ0) is 18.2. The van der Waals surface area contributed by atoms with Crippen LogP contribution >= 0.6 is 0 Å². The Balaban J connectivity index is 1.80. The van der Waals surface area contributed by atoms with Crippen LogP contribution < -0.4 is 5.32 Å². The maximum Gasteiger partial charge on any atom is 0.340 e. The third kappa shape index (κ3) is 1.66. The van der Waals surface area contributed by atoms with Gasteiger partial charge in [-0.25, -0.2) is 4.79 Å². The van der Waals surface area contributed by atoms with E-state index in [0.29, 0.717) is 6.42 Å². The first kappa shape index (κ1) is 16.3. The molecule has 3 heterocycles. The van der Waals surface area contributed by atoms with Crippen molar-refractivity contribution in [3.63, 3.8) is 0 Å². The molecule has 1 aromatic carbocycles. The summed E-state index contributed by atoms with van der Waals surface area (Å²) in [6, 6.07) is 8.25. The number of benzene rings is 1. The molecule has 5 atom stereocenters. The molecule has 1 unspecified atom stereocenters. The second-order valence-electron chi connectivity index (χ2n) is 8.39. The monoisotopic (exact) mass is 354 g/mol. The van der Waals surface area contributed by atoms with Crippen molar-refractivity contribution in [2.75, 3.05) is 25.5 Å². The van der Waals surface area contributed by atoms with Crippen molar-refractivity contribution in [3.05, 3.63) is 42.0 Å². The van der Waals surface area contributed by atoms with E-state index in [0.717, 1.165) is 31.6 Å². The molecular formula is C21H26N2O3. The minimum absolute atomic E-state index is 0.229. The fourth-order valence-electron chi connectivity index (χ4n) is 6.65. The number of hydrogen-bond acceptors (Lipinski definition) is 5. The lowest BCUT2D eigenvalue weighted by Crippen LogP contribution is -2.73. The minimum atomic E-state index is -1.54. The molecule has 1 spiro atoms. The maximum atomic E-state index is 12.8. The molecule has 2 fully saturated rings. The lowest BCUT2D eigenvalue weighted by molar-refractivity contribution is -0.179. The van der Waals surface area contributed by atoms with Gasteiger partial charge in [-0.3, -0.25) is 4.90 Å². The van der Waals surface area contributed by atoms with E-state index < -0.39 is 11.6 Å². The number of nitrogens with one attached hydrogen (secondary N) is 1. The Morgan fingerprint density at radius 1 is 1.42 bits per heavy atom. The third-order valence-corrected chi connectivity index (χ3v) is 7.52. The molecule has 0 aromatic heterocycles. The Hall–Kier alpha value is -1.85. The molecule has 26 heavy (non-hydrogen) atoms. The first-order valence-electron chi connectivity index (χ1n) is 9.60. The van der Waals surface area contributed by atoms with Crippen molar-refractivity contribution in [3.8, 4) is 0 Å². The number of anilines is 1. The number of nitrogens with zero attached hydrogens (tertiary/aromatic N) is 1. The minimum Gasteiger partial charge on any atom is -0.467 e. The van der Waals surface area contributed by atoms with Crippen molar-refractivity contribution >= 4 is 11.7 Å². The molecule has 5 rings (SSSR count). The molecule has 4 aliphatic rings. The van der Waals surface area contributed by atoms with Gasteiger partial charge >= 0.3 is 5.97 Å². The molecule has 5 nitrogen and oxygen atoms in total. The topological polar surface area (TPSA) is 61.8 Å². The van der Waals surface area contributed by atoms with Crippen LogP contribution in [0.1, 0.15) is 31.7 Å². The van der Waals surface area contributed by atoms with Crippen LogP contribution in [0.15, 0.2) is 36.4 Å². The molecule has 0 radical (unpaired) electrons. The highest BCUT2D eigenvalue weighted by atomic mass is 16.5. The highest BCUT2D eigenvalue weighted by molar-refractivity contribution is 5.84. The fourth-order valence-corrected chi connectivity index (χ4v) is 6.65. The zero-order valence-electron chi connectivity index (χ0n) is 15.4. The molecule has 2 N–H and O–H groups in total. The van der Waals surface area contributed by atoms with Gasteiger partial charge in [0.25, 0.3) is 0 Å². The Kier molecular flexibility index (Phi) is 3.21. The summed E-state index contributed by atoms with van der Waals surface area (Å²) in [5.41, 5.74) is 0.236. The maximum absolute atomic E-state index is 12.8. The molecule has 0 amide bonds. The molecule has 138 valence electrons. The number of carbonyl (C=O) groups excluding carboxylic acids is 1. The van der Waals surface area contributed by atoms with E-state index >= 15 is 0 Å². The number of carbonyl (C=O) groups is 1. The predicted molar refractivity (Wildman–Crippen MR) is 99.0 cm³/mol. The fraction of sp³-hybridized carbons (Fsp3) is 0.571. The summed E-state index contributed by atoms with van der Waals surface area (Å²) in [4.78, 5) is 15.4. The van der Waals surface area contributed by atoms with Crippen LogP contribution in [0.5, 0.6) is 0 Å². The SMILES string of the molecule is CC[C@]12C=CCN3CC[C@@]4(c5ccccc5NC4[C@@](O)(C(=O)OC)C1)[C@@H]32. The van der Waals surface area contributed by atoms with Gasteiger partial charge in [0.15, 0.2) is 5.60 Å². The van der Waals surface area contributed by atoms with E-state index in [4.69, 9.17) is 4.74 Å². The smallest absolute Gasteiger partial charge is 0.340 e. The average molecular weight is 354 g/mol. The first-order chi connectivity index (χ1) is 12.5. The number of methoxy groups -OCH3 is 1. The van der Waals surface area contributed by atoms with Crippen LogP contribution in [0.2, 0.25) is 0 Å². The number of rotatable bonds is 2. The van der Waals surface area contributed by atoms with Gasteiger partial charge in [-0.05, 0) is 37.4 Å². The van der Waals surface area contributed by atoms with Crippen molar-refractivity contribution in [1.29, 1.82) is 0 Å². The number of aliphatic hydroxyl groups is 1. The summed E-state index contributed by atoms with van der Waals surface area (Å²) in [6.45, 7) is 4.10. The second-order valence-corrected chi connectivity index (χ2v) is 8.39. The standard InChI is InChI=1S/C21H26N2O3/c1-3-19-9-6-11-23-12-10-20(17(19)23)14-7-4-5-8-15(14)22-16(20)21(25,13-19)18(24)26-2/h4-9,16-17,22,25H,3,10-13H2,1-2H3/t16?,17-,19-,20-,21+/m0/s1. The van der Waals surface area contributed by atoms with Gasteiger partial charge in [0.1, 0.15) is 0 Å². The summed E-state index contributed by atoms with van der Waals surface area (Å²) in [6.07, 6.45) is 6.71. The zero-order valence-corrected chi connectivity index (χ0v) is 15.4. The van der Waals surface area contributed by atoms with Crippen LogP contribution in [-0.4, -0.2) is 53.9 Å². The van der Waals surface area contributed by atoms with Crippen molar-refractivity contribution < 1.29 is 14.6 Å². The predicted octanol–water partition coefficient (Wildman–Crippen LogP) is 2.07. The highest BCUT2D eigenvalue weighted by Crippen LogP contribution is 2.65. The number of para-hydroxylation sites is 1. The summed E-state index contributed by atoms with van der Waals surface area (Å²) in [5.74, 6) is -0.522. The summed E-state index contributed by atoms with van der Waals surface area (Å²) in [7, 11) is 1.37. The number of ether oxygens (including phenoxy) is 1. The summed E-state index contributed by atoms with van der Waals surface area (Å²) >= 11 is 0. The van der Waals surface area contributed by atoms with Gasteiger partial charge in [-0.15, -0.1) is 0 Å². The lowest BCUT2D eigenvalue weighted by Gasteiger charge is -2.59. The van der Waals surface area contributed by atoms with Crippen molar-refractivity contribution in [2.24, 2.45) is 5.41 Å². The van der Waals surface area contributed by atoms with E-state index in [2.05, 4.69) is 47.5 Å². The van der Waals surface area contributed by atoms with Crippen LogP contribution in [0.4, 0.5) is 5.69 Å². The lowest BCUT2D eigenvalue weighted by atomic mass is 9.49. The molecule has 1 aromatic rings. The number of esters is 1. The quantitative estimate of drug-likeness (QED) is 0.629. The van der Waals surface area contributed by atoms with E-state index in [1.165, 1.54) is 12.7 Å². The van der Waals surface area contributed by atoms with E-state index in [9.17, 15) is 9.90 Å². The van der Waals surface area contributed by atoms with E-state index in [-0.39, 0.29) is 22.9 Å². The van der Waals surface area contributed by atoms with Gasteiger partial charge in [0.2, 0.25) is 0 Å². The Labute approximate surface area is 154 Å². The highest BCUT2D eigenvalue weighted by Gasteiger charge is 2.73. The molecule has 1 saturated heterocycles. The largest absolute Gasteiger partial charge is 0.467 e. The van der Waals surface area contributed by atoms with E-state index in [1.54, 1.807) is 0 Å². The number of fused-ring (bicyclic) bond motifs is 1. The molecular weight excluding hydrogens is 328 g/mol. The molecule has 5 heteroatoms. The van der Waals surface area contributed by atoms with E-state index in [1.807, 2.05) is 6.07 Å². The van der Waals surface area contributed by atoms with Gasteiger partial charge < -0.3 is 15.2 Å². The average Bonchev–Trinajstić information content (AvgIpc) is 3.23. The molecule has 0 bridgehead atoms. The summed E-state index contributed by atoms with van der Waals surface area (Å²) in [5, 5.41) is 15.3. The van der Waals surface area contributed by atoms with Crippen LogP contribution in [0, 0.1) is 5.41 Å². The summed E-state index contributed by atoms with van der Waals surface area (Å²) < 4.78 is 5.11. The Morgan fingerprint density at radius 3 is 3.00 bits per heavy atom. The Morgan fingerprint density at radius 2 is 2.23 bits per heavy atom. The van der Waals surface area contributed by atoms with Gasteiger partial charge in [0, 0.05) is 29.1 Å². The molecule has 1 aliphatic carbocycles. The van der Waals surface area contributed by atoms with Crippen molar-refractivity contribution in [2.45, 2.75) is 49.3 Å². The molecule has 3 aliphatic heterocycles. The van der Waals surface area contributed by atoms with Crippen LogP contribution in [0.3, 0.4) is 0 Å². The normalized spacial score (nSPS) is 42.6. The first-order valence-corrected chi connectivity index (χ1v) is 9.60. The van der Waals surface area contributed by atoms with Crippen LogP contribution in [0.25, 0.3) is 0 Å². The Bertz CT molecular complexity index is 808. The second kappa shape index (κ2) is 5.11. The third-order valence-electron chi connectivity index (χ3n) is 7.52. The van der Waals surface area contributed by atoms with Crippen molar-refractivity contribution in [1.82, 2.24) is 4.90 Å². The number of hydrogen-bond donors (Lipinski definition) is 2.